The maximum Gasteiger partial charge on any atom is 0.230 e. The van der Waals surface area contributed by atoms with Gasteiger partial charge in [-0.15, -0.1) is 10.2 Å². The van der Waals surface area contributed by atoms with Crippen LogP contribution in [0.4, 0.5) is 0 Å². The fourth-order valence-corrected chi connectivity index (χ4v) is 4.12. The van der Waals surface area contributed by atoms with Gasteiger partial charge in [-0.1, -0.05) is 44.9 Å². The zero-order chi connectivity index (χ0) is 18.4. The zero-order valence-electron chi connectivity index (χ0n) is 15.6. The van der Waals surface area contributed by atoms with E-state index in [1.54, 1.807) is 6.26 Å². The van der Waals surface area contributed by atoms with Crippen LogP contribution in [0.5, 0.6) is 0 Å². The molecule has 2 heterocycles. The lowest BCUT2D eigenvalue weighted by Crippen LogP contribution is -2.31. The van der Waals surface area contributed by atoms with Crippen LogP contribution < -0.4 is 5.32 Å². The van der Waals surface area contributed by atoms with E-state index in [2.05, 4.69) is 29.4 Å². The Morgan fingerprint density at radius 1 is 1.35 bits per heavy atom. The van der Waals surface area contributed by atoms with Gasteiger partial charge in [-0.2, -0.15) is 0 Å². The van der Waals surface area contributed by atoms with Gasteiger partial charge < -0.3 is 9.73 Å². The zero-order valence-corrected chi connectivity index (χ0v) is 16.4. The Morgan fingerprint density at radius 3 is 2.85 bits per heavy atom. The number of aromatic nitrogens is 3. The molecule has 1 aliphatic carbocycles. The van der Waals surface area contributed by atoms with Gasteiger partial charge >= 0.3 is 0 Å². The smallest absolute Gasteiger partial charge is 0.230 e. The SMILES string of the molecule is CC(C)Cn1c(SCC(=O)NCC2CCCCC2)nnc1-c1ccco1. The lowest BCUT2D eigenvalue weighted by molar-refractivity contribution is -0.118. The number of hydrogen-bond donors (Lipinski definition) is 1. The first-order valence-corrected chi connectivity index (χ1v) is 10.5. The second-order valence-corrected chi connectivity index (χ2v) is 8.33. The summed E-state index contributed by atoms with van der Waals surface area (Å²) >= 11 is 1.44. The molecule has 6 nitrogen and oxygen atoms in total. The van der Waals surface area contributed by atoms with Crippen molar-refractivity contribution in [3.8, 4) is 11.6 Å². The Hall–Kier alpha value is -1.76. The molecule has 0 aromatic carbocycles. The lowest BCUT2D eigenvalue weighted by Gasteiger charge is -2.21. The Bertz CT molecular complexity index is 690. The molecule has 142 valence electrons. The molecular weight excluding hydrogens is 348 g/mol. The normalized spacial score (nSPS) is 15.5. The minimum atomic E-state index is 0.0687. The molecule has 2 aromatic rings. The summed E-state index contributed by atoms with van der Waals surface area (Å²) in [6.45, 7) is 5.89. The molecule has 1 saturated carbocycles. The van der Waals surface area contributed by atoms with E-state index in [0.29, 0.717) is 29.2 Å². The molecule has 7 heteroatoms. The second-order valence-electron chi connectivity index (χ2n) is 7.38. The van der Waals surface area contributed by atoms with Crippen LogP contribution in [0.2, 0.25) is 0 Å². The van der Waals surface area contributed by atoms with Crippen molar-refractivity contribution in [3.05, 3.63) is 18.4 Å². The molecule has 0 aliphatic heterocycles. The molecule has 0 bridgehead atoms. The summed E-state index contributed by atoms with van der Waals surface area (Å²) < 4.78 is 7.52. The van der Waals surface area contributed by atoms with Gasteiger partial charge in [0.15, 0.2) is 16.7 Å². The number of amides is 1. The maximum atomic E-state index is 12.2. The number of nitrogens with zero attached hydrogens (tertiary/aromatic N) is 3. The molecule has 0 radical (unpaired) electrons. The standard InChI is InChI=1S/C19H28N4O2S/c1-14(2)12-23-18(16-9-6-10-25-16)21-22-19(23)26-13-17(24)20-11-15-7-4-3-5-8-15/h6,9-10,14-15H,3-5,7-8,11-13H2,1-2H3,(H,20,24). The molecule has 0 spiro atoms. The summed E-state index contributed by atoms with van der Waals surface area (Å²) in [6, 6.07) is 3.72. The van der Waals surface area contributed by atoms with Crippen molar-refractivity contribution in [3.63, 3.8) is 0 Å². The van der Waals surface area contributed by atoms with Crippen molar-refractivity contribution in [2.75, 3.05) is 12.3 Å². The van der Waals surface area contributed by atoms with Gasteiger partial charge in [-0.3, -0.25) is 9.36 Å². The van der Waals surface area contributed by atoms with Crippen LogP contribution in [0.1, 0.15) is 46.0 Å². The molecule has 2 aromatic heterocycles. The van der Waals surface area contributed by atoms with Crippen molar-refractivity contribution >= 4 is 17.7 Å². The van der Waals surface area contributed by atoms with Gasteiger partial charge in [0, 0.05) is 13.1 Å². The van der Waals surface area contributed by atoms with Gasteiger partial charge in [0.1, 0.15) is 0 Å². The average Bonchev–Trinajstić information content (AvgIpc) is 3.28. The number of furan rings is 1. The highest BCUT2D eigenvalue weighted by molar-refractivity contribution is 7.99. The first-order valence-electron chi connectivity index (χ1n) is 9.50. The summed E-state index contributed by atoms with van der Waals surface area (Å²) in [5.41, 5.74) is 0. The van der Waals surface area contributed by atoms with E-state index in [1.165, 1.54) is 43.9 Å². The molecule has 0 atom stereocenters. The number of thioether (sulfide) groups is 1. The van der Waals surface area contributed by atoms with E-state index in [0.717, 1.165) is 18.2 Å². The predicted molar refractivity (Wildman–Crippen MR) is 103 cm³/mol. The van der Waals surface area contributed by atoms with Crippen molar-refractivity contribution < 1.29 is 9.21 Å². The Morgan fingerprint density at radius 2 is 2.15 bits per heavy atom. The summed E-state index contributed by atoms with van der Waals surface area (Å²) in [7, 11) is 0. The van der Waals surface area contributed by atoms with Gasteiger partial charge in [0.05, 0.1) is 12.0 Å². The average molecular weight is 377 g/mol. The third-order valence-electron chi connectivity index (χ3n) is 4.65. The van der Waals surface area contributed by atoms with Crippen LogP contribution in [0.25, 0.3) is 11.6 Å². The van der Waals surface area contributed by atoms with Crippen molar-refractivity contribution in [2.45, 2.75) is 57.7 Å². The van der Waals surface area contributed by atoms with E-state index in [4.69, 9.17) is 4.42 Å². The summed E-state index contributed by atoms with van der Waals surface area (Å²) in [5.74, 6) is 2.94. The summed E-state index contributed by atoms with van der Waals surface area (Å²) in [6.07, 6.45) is 8.04. The molecule has 0 unspecified atom stereocenters. The number of carbonyl (C=O) groups is 1. The fourth-order valence-electron chi connectivity index (χ4n) is 3.34. The van der Waals surface area contributed by atoms with E-state index in [9.17, 15) is 4.79 Å². The summed E-state index contributed by atoms with van der Waals surface area (Å²) in [5, 5.41) is 12.4. The van der Waals surface area contributed by atoms with E-state index >= 15 is 0 Å². The minimum absolute atomic E-state index is 0.0687. The van der Waals surface area contributed by atoms with E-state index in [1.807, 2.05) is 16.7 Å². The molecule has 26 heavy (non-hydrogen) atoms. The predicted octanol–water partition coefficient (Wildman–Crippen LogP) is 3.98. The highest BCUT2D eigenvalue weighted by Gasteiger charge is 2.19. The first kappa shape index (κ1) is 19.0. The minimum Gasteiger partial charge on any atom is -0.461 e. The third-order valence-corrected chi connectivity index (χ3v) is 5.62. The van der Waals surface area contributed by atoms with Crippen molar-refractivity contribution in [2.24, 2.45) is 11.8 Å². The van der Waals surface area contributed by atoms with Gasteiger partial charge in [0.25, 0.3) is 0 Å². The van der Waals surface area contributed by atoms with Crippen LogP contribution >= 0.6 is 11.8 Å². The number of nitrogens with one attached hydrogen (secondary N) is 1. The van der Waals surface area contributed by atoms with E-state index < -0.39 is 0 Å². The Labute approximate surface area is 159 Å². The molecule has 3 rings (SSSR count). The number of rotatable bonds is 8. The van der Waals surface area contributed by atoms with Crippen LogP contribution in [-0.4, -0.2) is 33.0 Å². The quantitative estimate of drug-likeness (QED) is 0.706. The number of carbonyl (C=O) groups excluding carboxylic acids is 1. The highest BCUT2D eigenvalue weighted by atomic mass is 32.2. The molecular formula is C19H28N4O2S. The van der Waals surface area contributed by atoms with Crippen LogP contribution in [0.15, 0.2) is 28.0 Å². The van der Waals surface area contributed by atoms with Gasteiger partial charge in [0.2, 0.25) is 5.91 Å². The fraction of sp³-hybridized carbons (Fsp3) is 0.632. The van der Waals surface area contributed by atoms with Crippen LogP contribution in [0.3, 0.4) is 0 Å². The van der Waals surface area contributed by atoms with Crippen molar-refractivity contribution in [1.29, 1.82) is 0 Å². The first-order chi connectivity index (χ1) is 12.6. The Kier molecular flexibility index (Phi) is 6.77. The molecule has 1 fully saturated rings. The third kappa shape index (κ3) is 5.13. The van der Waals surface area contributed by atoms with Crippen LogP contribution in [-0.2, 0) is 11.3 Å². The van der Waals surface area contributed by atoms with Crippen molar-refractivity contribution in [1.82, 2.24) is 20.1 Å². The largest absolute Gasteiger partial charge is 0.461 e. The lowest BCUT2D eigenvalue weighted by atomic mass is 9.89. The van der Waals surface area contributed by atoms with E-state index in [-0.39, 0.29) is 5.91 Å². The summed E-state index contributed by atoms with van der Waals surface area (Å²) in [4.78, 5) is 12.2. The molecule has 1 aliphatic rings. The maximum absolute atomic E-state index is 12.2. The topological polar surface area (TPSA) is 73.0 Å². The Balaban J connectivity index is 1.57. The molecule has 0 saturated heterocycles. The highest BCUT2D eigenvalue weighted by Crippen LogP contribution is 2.26. The number of hydrogen-bond acceptors (Lipinski definition) is 5. The molecule has 1 amide bonds. The second kappa shape index (κ2) is 9.26. The molecule has 1 N–H and O–H groups in total. The van der Waals surface area contributed by atoms with Gasteiger partial charge in [-0.25, -0.2) is 0 Å². The monoisotopic (exact) mass is 376 g/mol. The van der Waals surface area contributed by atoms with Gasteiger partial charge in [-0.05, 0) is 36.8 Å². The van der Waals surface area contributed by atoms with Crippen LogP contribution in [0, 0.1) is 11.8 Å².